The summed E-state index contributed by atoms with van der Waals surface area (Å²) < 4.78 is 1.50. The molecule has 1 heterocycles. The highest BCUT2D eigenvalue weighted by Gasteiger charge is 2.18. The summed E-state index contributed by atoms with van der Waals surface area (Å²) in [7, 11) is 1.68. The molecule has 0 spiro atoms. The molecule has 1 aromatic heterocycles. The van der Waals surface area contributed by atoms with Gasteiger partial charge in [-0.05, 0) is 19.4 Å². The maximum Gasteiger partial charge on any atom is 0.339 e. The minimum Gasteiger partial charge on any atom is -0.313 e. The quantitative estimate of drug-likeness (QED) is 0.570. The number of thioether (sulfide) groups is 1. The Labute approximate surface area is 117 Å². The molecule has 1 rings (SSSR count). The van der Waals surface area contributed by atoms with Gasteiger partial charge in [0.25, 0.3) is 0 Å². The fourth-order valence-corrected chi connectivity index (χ4v) is 2.91. The molecule has 0 aliphatic carbocycles. The second-order valence-electron chi connectivity index (χ2n) is 4.49. The van der Waals surface area contributed by atoms with Gasteiger partial charge in [-0.25, -0.2) is 0 Å². The third-order valence-corrected chi connectivity index (χ3v) is 4.18. The van der Waals surface area contributed by atoms with E-state index < -0.39 is 11.1 Å². The summed E-state index contributed by atoms with van der Waals surface area (Å²) in [6.45, 7) is 7.33. The van der Waals surface area contributed by atoms with E-state index in [2.05, 4.69) is 36.2 Å². The van der Waals surface area contributed by atoms with Crippen molar-refractivity contribution in [2.75, 3.05) is 6.54 Å². The highest BCUT2D eigenvalue weighted by atomic mass is 32.2. The van der Waals surface area contributed by atoms with Crippen LogP contribution in [0.2, 0.25) is 0 Å². The molecule has 0 saturated heterocycles. The smallest absolute Gasteiger partial charge is 0.313 e. The van der Waals surface area contributed by atoms with E-state index >= 15 is 0 Å². The molecule has 0 aromatic carbocycles. The summed E-state index contributed by atoms with van der Waals surface area (Å²) in [5, 5.41) is 6.73. The normalized spacial score (nSPS) is 14.3. The molecule has 108 valence electrons. The Bertz CT molecular complexity index is 511. The number of aromatic nitrogens is 3. The summed E-state index contributed by atoms with van der Waals surface area (Å²) in [5.74, 6) is 0. The maximum absolute atomic E-state index is 11.3. The molecule has 0 bridgehead atoms. The van der Waals surface area contributed by atoms with Gasteiger partial charge in [-0.15, -0.1) is 0 Å². The molecule has 1 aromatic rings. The Hall–Kier alpha value is -1.08. The van der Waals surface area contributed by atoms with Crippen LogP contribution in [0, 0.1) is 0 Å². The number of hydrogen-bond donors (Lipinski definition) is 2. The summed E-state index contributed by atoms with van der Waals surface area (Å²) >= 11 is 1.50. The van der Waals surface area contributed by atoms with Crippen molar-refractivity contribution < 1.29 is 0 Å². The van der Waals surface area contributed by atoms with E-state index in [1.807, 2.05) is 0 Å². The molecule has 19 heavy (non-hydrogen) atoms. The van der Waals surface area contributed by atoms with Crippen molar-refractivity contribution in [3.63, 3.8) is 0 Å². The molecular weight excluding hydrogens is 264 g/mol. The van der Waals surface area contributed by atoms with Gasteiger partial charge < -0.3 is 5.32 Å². The van der Waals surface area contributed by atoms with Crippen LogP contribution in [0.3, 0.4) is 0 Å². The van der Waals surface area contributed by atoms with Crippen LogP contribution in [0.5, 0.6) is 0 Å². The molecule has 0 saturated carbocycles. The van der Waals surface area contributed by atoms with Crippen molar-refractivity contribution in [3.05, 3.63) is 20.7 Å². The van der Waals surface area contributed by atoms with Crippen LogP contribution in [0.25, 0.3) is 0 Å². The van der Waals surface area contributed by atoms with Crippen LogP contribution < -0.4 is 16.4 Å². The second kappa shape index (κ2) is 7.49. The Morgan fingerprint density at radius 1 is 1.42 bits per heavy atom. The number of rotatable bonds is 7. The number of aromatic amines is 1. The Kier molecular flexibility index (Phi) is 6.30. The summed E-state index contributed by atoms with van der Waals surface area (Å²) in [6.07, 6.45) is 2.09. The SMILES string of the molecule is CCCNC(CC)C(C)Sc1nc(=O)c(=O)[nH]n1C. The van der Waals surface area contributed by atoms with Gasteiger partial charge in [0.2, 0.25) is 0 Å². The molecule has 0 aliphatic heterocycles. The Morgan fingerprint density at radius 3 is 2.68 bits per heavy atom. The van der Waals surface area contributed by atoms with E-state index in [0.717, 1.165) is 19.4 Å². The fraction of sp³-hybridized carbons (Fsp3) is 0.750. The lowest BCUT2D eigenvalue weighted by molar-refractivity contribution is 0.491. The van der Waals surface area contributed by atoms with Gasteiger partial charge in [0, 0.05) is 18.3 Å². The highest BCUT2D eigenvalue weighted by Crippen LogP contribution is 2.22. The zero-order valence-electron chi connectivity index (χ0n) is 11.9. The van der Waals surface area contributed by atoms with Gasteiger partial charge in [-0.1, -0.05) is 32.5 Å². The van der Waals surface area contributed by atoms with Crippen molar-refractivity contribution in [3.8, 4) is 0 Å². The monoisotopic (exact) mass is 286 g/mol. The van der Waals surface area contributed by atoms with Crippen LogP contribution in [-0.2, 0) is 7.05 Å². The number of nitrogens with one attached hydrogen (secondary N) is 2. The Balaban J connectivity index is 2.80. The molecule has 2 unspecified atom stereocenters. The molecule has 0 amide bonds. The number of H-pyrrole nitrogens is 1. The summed E-state index contributed by atoms with van der Waals surface area (Å²) in [4.78, 5) is 26.2. The van der Waals surface area contributed by atoms with Gasteiger partial charge in [-0.2, -0.15) is 4.98 Å². The molecule has 0 radical (unpaired) electrons. The molecule has 7 heteroatoms. The van der Waals surface area contributed by atoms with E-state index in [1.165, 1.54) is 16.4 Å². The summed E-state index contributed by atoms with van der Waals surface area (Å²) in [5.41, 5.74) is -1.42. The lowest BCUT2D eigenvalue weighted by Gasteiger charge is -2.23. The van der Waals surface area contributed by atoms with Gasteiger partial charge in [0.1, 0.15) is 0 Å². The van der Waals surface area contributed by atoms with Crippen molar-refractivity contribution >= 4 is 11.8 Å². The van der Waals surface area contributed by atoms with E-state index in [4.69, 9.17) is 0 Å². The summed E-state index contributed by atoms with van der Waals surface area (Å²) in [6, 6.07) is 0.355. The van der Waals surface area contributed by atoms with Crippen LogP contribution in [0.4, 0.5) is 0 Å². The van der Waals surface area contributed by atoms with Crippen molar-refractivity contribution in [1.29, 1.82) is 0 Å². The number of hydrogen-bond acceptors (Lipinski definition) is 5. The van der Waals surface area contributed by atoms with Gasteiger partial charge in [-0.3, -0.25) is 19.4 Å². The topological polar surface area (TPSA) is 79.8 Å². The zero-order chi connectivity index (χ0) is 14.4. The predicted molar refractivity (Wildman–Crippen MR) is 77.8 cm³/mol. The fourth-order valence-electron chi connectivity index (χ4n) is 1.79. The van der Waals surface area contributed by atoms with E-state index in [9.17, 15) is 9.59 Å². The van der Waals surface area contributed by atoms with Gasteiger partial charge >= 0.3 is 11.1 Å². The standard InChI is InChI=1S/C12H22N4O2S/c1-5-7-13-9(6-2)8(3)19-12-14-10(17)11(18)15-16(12)4/h8-9,13H,5-7H2,1-4H3,(H,15,18). The lowest BCUT2D eigenvalue weighted by atomic mass is 10.1. The van der Waals surface area contributed by atoms with Crippen LogP contribution in [-0.4, -0.2) is 32.6 Å². The van der Waals surface area contributed by atoms with Crippen molar-refractivity contribution in [2.45, 2.75) is 50.1 Å². The second-order valence-corrected chi connectivity index (χ2v) is 5.84. The van der Waals surface area contributed by atoms with Gasteiger partial charge in [0.15, 0.2) is 5.16 Å². The van der Waals surface area contributed by atoms with Crippen LogP contribution in [0.1, 0.15) is 33.6 Å². The lowest BCUT2D eigenvalue weighted by Crippen LogP contribution is -2.38. The number of aryl methyl sites for hydroxylation is 1. The first-order valence-electron chi connectivity index (χ1n) is 6.57. The highest BCUT2D eigenvalue weighted by molar-refractivity contribution is 7.99. The van der Waals surface area contributed by atoms with Crippen molar-refractivity contribution in [2.24, 2.45) is 7.05 Å². The number of nitrogens with zero attached hydrogens (tertiary/aromatic N) is 2. The molecule has 6 nitrogen and oxygen atoms in total. The minimum atomic E-state index is -0.734. The first-order valence-corrected chi connectivity index (χ1v) is 7.44. The average molecular weight is 286 g/mol. The molecule has 2 atom stereocenters. The molecule has 0 aliphatic rings. The largest absolute Gasteiger partial charge is 0.339 e. The average Bonchev–Trinajstić information content (AvgIpc) is 2.37. The van der Waals surface area contributed by atoms with Crippen molar-refractivity contribution in [1.82, 2.24) is 20.1 Å². The molecular formula is C12H22N4O2S. The third kappa shape index (κ3) is 4.50. The van der Waals surface area contributed by atoms with Crippen LogP contribution in [0.15, 0.2) is 14.7 Å². The third-order valence-electron chi connectivity index (χ3n) is 2.90. The molecule has 0 fully saturated rings. The Morgan fingerprint density at radius 2 is 2.11 bits per heavy atom. The zero-order valence-corrected chi connectivity index (χ0v) is 12.7. The predicted octanol–water partition coefficient (Wildman–Crippen LogP) is 0.727. The first kappa shape index (κ1) is 16.0. The molecule has 2 N–H and O–H groups in total. The van der Waals surface area contributed by atoms with E-state index in [1.54, 1.807) is 7.05 Å². The minimum absolute atomic E-state index is 0.264. The van der Waals surface area contributed by atoms with E-state index in [-0.39, 0.29) is 5.25 Å². The van der Waals surface area contributed by atoms with Gasteiger partial charge in [0.05, 0.1) is 0 Å². The van der Waals surface area contributed by atoms with E-state index in [0.29, 0.717) is 11.2 Å². The first-order chi connectivity index (χ1) is 8.99. The maximum atomic E-state index is 11.3. The van der Waals surface area contributed by atoms with Crippen LogP contribution >= 0.6 is 11.8 Å².